The molecule has 0 aliphatic heterocycles. The van der Waals surface area contributed by atoms with Crippen LogP contribution in [0.5, 0.6) is 0 Å². The number of nitrogens with one attached hydrogen (secondary N) is 2. The van der Waals surface area contributed by atoms with Gasteiger partial charge in [-0.05, 0) is 24.1 Å². The van der Waals surface area contributed by atoms with Crippen molar-refractivity contribution in [2.45, 2.75) is 13.0 Å². The molecule has 1 aromatic heterocycles. The summed E-state index contributed by atoms with van der Waals surface area (Å²) >= 11 is 0. The molecule has 6 heteroatoms. The van der Waals surface area contributed by atoms with Crippen LogP contribution < -0.4 is 5.69 Å². The molecule has 6 nitrogen and oxygen atoms in total. The second-order valence-electron chi connectivity index (χ2n) is 3.94. The Morgan fingerprint density at radius 1 is 1.47 bits per heavy atom. The summed E-state index contributed by atoms with van der Waals surface area (Å²) < 4.78 is 4.75. The standard InChI is InChI=1S/C13H14N2O4/c1-2-19-12(17)11(16)9-5-3-4-8(6-9)10-7-14-13(18)15-10/h3-7,11,16H,2H2,1H3,(H2,14,15,18). The van der Waals surface area contributed by atoms with Gasteiger partial charge in [-0.2, -0.15) is 0 Å². The van der Waals surface area contributed by atoms with Crippen molar-refractivity contribution < 1.29 is 14.6 Å². The molecule has 1 heterocycles. The van der Waals surface area contributed by atoms with E-state index in [-0.39, 0.29) is 12.3 Å². The average molecular weight is 262 g/mol. The van der Waals surface area contributed by atoms with Crippen LogP contribution in [-0.4, -0.2) is 27.7 Å². The van der Waals surface area contributed by atoms with Crippen LogP contribution >= 0.6 is 0 Å². The fourth-order valence-electron chi connectivity index (χ4n) is 1.72. The van der Waals surface area contributed by atoms with Crippen molar-refractivity contribution >= 4 is 5.97 Å². The topological polar surface area (TPSA) is 95.2 Å². The zero-order valence-electron chi connectivity index (χ0n) is 10.3. The monoisotopic (exact) mass is 262 g/mol. The predicted molar refractivity (Wildman–Crippen MR) is 68.4 cm³/mol. The highest BCUT2D eigenvalue weighted by Crippen LogP contribution is 2.21. The molecule has 3 N–H and O–H groups in total. The van der Waals surface area contributed by atoms with E-state index in [2.05, 4.69) is 9.97 Å². The molecule has 0 amide bonds. The molecule has 0 aliphatic carbocycles. The van der Waals surface area contributed by atoms with Crippen LogP contribution in [0.25, 0.3) is 11.3 Å². The van der Waals surface area contributed by atoms with Gasteiger partial charge in [0.25, 0.3) is 0 Å². The summed E-state index contributed by atoms with van der Waals surface area (Å²) in [5.74, 6) is -0.692. The van der Waals surface area contributed by atoms with E-state index in [9.17, 15) is 14.7 Å². The molecule has 0 bridgehead atoms. The maximum Gasteiger partial charge on any atom is 0.339 e. The summed E-state index contributed by atoms with van der Waals surface area (Å²) in [5, 5.41) is 9.84. The largest absolute Gasteiger partial charge is 0.464 e. The summed E-state index contributed by atoms with van der Waals surface area (Å²) in [6.45, 7) is 1.88. The van der Waals surface area contributed by atoms with Gasteiger partial charge in [0.1, 0.15) is 0 Å². The maximum atomic E-state index is 11.5. The van der Waals surface area contributed by atoms with Crippen LogP contribution in [0.4, 0.5) is 0 Å². The molecule has 100 valence electrons. The van der Waals surface area contributed by atoms with Gasteiger partial charge in [-0.1, -0.05) is 18.2 Å². The van der Waals surface area contributed by atoms with Crippen molar-refractivity contribution in [3.63, 3.8) is 0 Å². The fourth-order valence-corrected chi connectivity index (χ4v) is 1.72. The van der Waals surface area contributed by atoms with E-state index in [0.29, 0.717) is 16.8 Å². The van der Waals surface area contributed by atoms with Crippen molar-refractivity contribution in [1.82, 2.24) is 9.97 Å². The molecular weight excluding hydrogens is 248 g/mol. The smallest absolute Gasteiger partial charge is 0.339 e. The normalized spacial score (nSPS) is 12.1. The Morgan fingerprint density at radius 2 is 2.26 bits per heavy atom. The van der Waals surface area contributed by atoms with Gasteiger partial charge in [-0.3, -0.25) is 0 Å². The number of aliphatic hydroxyl groups excluding tert-OH is 1. The van der Waals surface area contributed by atoms with Gasteiger partial charge in [-0.25, -0.2) is 9.59 Å². The number of benzene rings is 1. The summed E-state index contributed by atoms with van der Waals surface area (Å²) in [6, 6.07) is 6.70. The molecule has 0 saturated carbocycles. The highest BCUT2D eigenvalue weighted by Gasteiger charge is 2.18. The number of carbonyl (C=O) groups is 1. The molecule has 2 rings (SSSR count). The number of rotatable bonds is 4. The number of hydrogen-bond acceptors (Lipinski definition) is 4. The summed E-state index contributed by atoms with van der Waals surface area (Å²) in [6.07, 6.45) is 0.198. The lowest BCUT2D eigenvalue weighted by Crippen LogP contribution is -2.15. The van der Waals surface area contributed by atoms with Crippen molar-refractivity contribution in [3.8, 4) is 11.3 Å². The molecule has 1 unspecified atom stereocenters. The van der Waals surface area contributed by atoms with E-state index in [4.69, 9.17) is 4.74 Å². The molecule has 0 saturated heterocycles. The minimum Gasteiger partial charge on any atom is -0.464 e. The first kappa shape index (κ1) is 13.1. The summed E-state index contributed by atoms with van der Waals surface area (Å²) in [5.41, 5.74) is 1.38. The Bertz CT molecular complexity index is 629. The highest BCUT2D eigenvalue weighted by molar-refractivity contribution is 5.77. The first-order valence-electron chi connectivity index (χ1n) is 5.84. The number of H-pyrrole nitrogens is 2. The number of imidazole rings is 1. The van der Waals surface area contributed by atoms with Gasteiger partial charge in [0.15, 0.2) is 6.10 Å². The molecular formula is C13H14N2O4. The third-order valence-electron chi connectivity index (χ3n) is 2.62. The van der Waals surface area contributed by atoms with E-state index in [0.717, 1.165) is 0 Å². The second-order valence-corrected chi connectivity index (χ2v) is 3.94. The second kappa shape index (κ2) is 5.53. The van der Waals surface area contributed by atoms with Crippen molar-refractivity contribution in [1.29, 1.82) is 0 Å². The summed E-state index contributed by atoms with van der Waals surface area (Å²) in [4.78, 5) is 27.6. The van der Waals surface area contributed by atoms with Gasteiger partial charge in [0.2, 0.25) is 0 Å². The van der Waals surface area contributed by atoms with Gasteiger partial charge in [-0.15, -0.1) is 0 Å². The Kier molecular flexibility index (Phi) is 3.82. The highest BCUT2D eigenvalue weighted by atomic mass is 16.5. The van der Waals surface area contributed by atoms with E-state index >= 15 is 0 Å². The quantitative estimate of drug-likeness (QED) is 0.715. The Balaban J connectivity index is 2.29. The molecule has 0 spiro atoms. The van der Waals surface area contributed by atoms with Crippen molar-refractivity contribution in [2.75, 3.05) is 6.61 Å². The van der Waals surface area contributed by atoms with E-state index < -0.39 is 12.1 Å². The third-order valence-corrected chi connectivity index (χ3v) is 2.62. The SMILES string of the molecule is CCOC(=O)C(O)c1cccc(-c2c[nH]c(=O)[nH]2)c1. The minimum absolute atomic E-state index is 0.209. The molecule has 0 fully saturated rings. The molecule has 0 aliphatic rings. The summed E-state index contributed by atoms with van der Waals surface area (Å²) in [7, 11) is 0. The minimum atomic E-state index is -1.33. The zero-order chi connectivity index (χ0) is 13.8. The first-order valence-corrected chi connectivity index (χ1v) is 5.84. The van der Waals surface area contributed by atoms with Gasteiger partial charge >= 0.3 is 11.7 Å². The molecule has 0 radical (unpaired) electrons. The lowest BCUT2D eigenvalue weighted by molar-refractivity contribution is -0.153. The van der Waals surface area contributed by atoms with Crippen LogP contribution in [0.2, 0.25) is 0 Å². The molecule has 1 atom stereocenters. The van der Waals surface area contributed by atoms with Crippen LogP contribution in [0, 0.1) is 0 Å². The lowest BCUT2D eigenvalue weighted by Gasteiger charge is -2.10. The number of esters is 1. The molecule has 1 aromatic carbocycles. The number of aromatic amines is 2. The van der Waals surface area contributed by atoms with Gasteiger partial charge < -0.3 is 19.8 Å². The van der Waals surface area contributed by atoms with Crippen molar-refractivity contribution in [3.05, 3.63) is 46.5 Å². The van der Waals surface area contributed by atoms with Crippen LogP contribution in [-0.2, 0) is 9.53 Å². The van der Waals surface area contributed by atoms with Crippen LogP contribution in [0.3, 0.4) is 0 Å². The van der Waals surface area contributed by atoms with Crippen molar-refractivity contribution in [2.24, 2.45) is 0 Å². The Labute approximate surface area is 109 Å². The fraction of sp³-hybridized carbons (Fsp3) is 0.231. The predicted octanol–water partition coefficient (Wildman–Crippen LogP) is 0.967. The number of aromatic nitrogens is 2. The van der Waals surface area contributed by atoms with E-state index in [1.165, 1.54) is 6.20 Å². The molecule has 19 heavy (non-hydrogen) atoms. The first-order chi connectivity index (χ1) is 9.11. The van der Waals surface area contributed by atoms with E-state index in [1.54, 1.807) is 31.2 Å². The zero-order valence-corrected chi connectivity index (χ0v) is 10.3. The van der Waals surface area contributed by atoms with Crippen LogP contribution in [0.1, 0.15) is 18.6 Å². The maximum absolute atomic E-state index is 11.5. The number of ether oxygens (including phenoxy) is 1. The number of hydrogen-bond donors (Lipinski definition) is 3. The molecule has 2 aromatic rings. The number of carbonyl (C=O) groups excluding carboxylic acids is 1. The number of aliphatic hydroxyl groups is 1. The van der Waals surface area contributed by atoms with E-state index in [1.807, 2.05) is 0 Å². The van der Waals surface area contributed by atoms with Crippen LogP contribution in [0.15, 0.2) is 35.3 Å². The Hall–Kier alpha value is -2.34. The van der Waals surface area contributed by atoms with Gasteiger partial charge in [0.05, 0.1) is 12.3 Å². The Morgan fingerprint density at radius 3 is 2.89 bits per heavy atom. The third kappa shape index (κ3) is 2.92. The van der Waals surface area contributed by atoms with Gasteiger partial charge in [0, 0.05) is 6.20 Å². The average Bonchev–Trinajstić information content (AvgIpc) is 2.85. The lowest BCUT2D eigenvalue weighted by atomic mass is 10.0.